The number of hydrogen-bond acceptors (Lipinski definition) is 0. The molecule has 0 aliphatic rings. The second-order valence-corrected chi connectivity index (χ2v) is 92.3. The molecule has 0 rings (SSSR count). The van der Waals surface area contributed by atoms with Crippen LogP contribution in [0.1, 0.15) is 166 Å². The van der Waals surface area contributed by atoms with Crippen molar-refractivity contribution >= 4 is 88.1 Å². The van der Waals surface area contributed by atoms with Crippen LogP contribution < -0.4 is 0 Å². The molecule has 0 saturated carbocycles. The third-order valence-electron chi connectivity index (χ3n) is 13.5. The molecule has 0 nitrogen and oxygen atoms in total. The van der Waals surface area contributed by atoms with Gasteiger partial charge in [-0.25, -0.2) is 0 Å². The summed E-state index contributed by atoms with van der Waals surface area (Å²) in [5, 5.41) is 2.48. The van der Waals surface area contributed by atoms with Crippen LogP contribution >= 0.6 is 22.2 Å². The third-order valence-corrected chi connectivity index (χ3v) is 159. The molecule has 0 unspecified atom stereocenters. The first-order chi connectivity index (χ1) is 19.2. The van der Waals surface area contributed by atoms with Crippen LogP contribution in [0, 0.1) is 0 Å². The van der Waals surface area contributed by atoms with E-state index in [4.69, 9.17) is 22.2 Å². The van der Waals surface area contributed by atoms with Gasteiger partial charge in [0.05, 0.1) is 8.80 Å². The van der Waals surface area contributed by atoms with E-state index in [1.165, 1.54) is 0 Å². The first-order valence-electron chi connectivity index (χ1n) is 17.9. The van der Waals surface area contributed by atoms with Crippen molar-refractivity contribution in [1.29, 1.82) is 0 Å². The van der Waals surface area contributed by atoms with Crippen molar-refractivity contribution in [3.8, 4) is 0 Å². The molecule has 0 bridgehead atoms. The predicted octanol–water partition coefficient (Wildman–Crippen LogP) is 14.7. The second-order valence-electron chi connectivity index (χ2n) is 23.3. The van der Waals surface area contributed by atoms with Gasteiger partial charge in [0.1, 0.15) is 0 Å². The van der Waals surface area contributed by atoms with E-state index in [1.807, 2.05) is 0 Å². The van der Waals surface area contributed by atoms with Crippen LogP contribution in [-0.4, -0.2) is 65.9 Å². The van der Waals surface area contributed by atoms with Crippen molar-refractivity contribution in [2.45, 2.75) is 233 Å². The van der Waals surface area contributed by atoms with Gasteiger partial charge in [0.15, 0.2) is 0 Å². The summed E-state index contributed by atoms with van der Waals surface area (Å²) in [6, 6.07) is 0. The molecule has 0 aromatic carbocycles. The minimum absolute atomic E-state index is 0.201. The van der Waals surface area contributed by atoms with Crippen LogP contribution in [0.25, 0.3) is 0 Å². The van der Waals surface area contributed by atoms with Crippen molar-refractivity contribution < 1.29 is 0 Å². The summed E-state index contributed by atoms with van der Waals surface area (Å²) in [5.74, 6) is -3.43. The quantitative estimate of drug-likeness (QED) is 0.191. The van der Waals surface area contributed by atoms with E-state index in [0.29, 0.717) is 10.1 Å². The molecule has 0 N–H and O–H groups in total. The largest absolute Gasteiger partial charge is 0.0703 e. The third kappa shape index (κ3) is 9.40. The molecule has 0 amide bonds. The van der Waals surface area contributed by atoms with E-state index in [0.717, 1.165) is 0 Å². The Hall–Kier alpha value is 2.64. The Balaban J connectivity index is 0. The van der Waals surface area contributed by atoms with E-state index in [2.05, 4.69) is 208 Å². The van der Waals surface area contributed by atoms with Crippen molar-refractivity contribution in [2.75, 3.05) is 0 Å². The van der Waals surface area contributed by atoms with Gasteiger partial charge in [-0.1, -0.05) is 48.1 Å². The molecule has 274 valence electrons. The molecule has 46 heavy (non-hydrogen) atoms. The van der Waals surface area contributed by atoms with Crippen LogP contribution in [0.4, 0.5) is 0 Å². The van der Waals surface area contributed by atoms with Crippen LogP contribution in [0.15, 0.2) is 0 Å². The zero-order chi connectivity index (χ0) is 38.7. The zero-order valence-electron chi connectivity index (χ0n) is 36.8. The maximum atomic E-state index is 8.94. The van der Waals surface area contributed by atoms with E-state index in [9.17, 15) is 0 Å². The molecule has 0 aromatic rings. The fourth-order valence-corrected chi connectivity index (χ4v) is 225. The Morgan fingerprint density at radius 1 is 0.435 bits per heavy atom. The summed E-state index contributed by atoms with van der Waals surface area (Å²) in [6.45, 7) is 70.2. The summed E-state index contributed by atoms with van der Waals surface area (Å²) in [5.41, 5.74) is 0. The fourth-order valence-electron chi connectivity index (χ4n) is 8.21. The first kappa shape index (κ1) is 50.7. The molecular formula is C36H84Cl2GeSi7. The van der Waals surface area contributed by atoms with Crippen molar-refractivity contribution in [3.05, 3.63) is 0 Å². The normalized spacial score (nSPS) is 17.1. The molecule has 0 spiro atoms. The minimum atomic E-state index is -2.49. The molecule has 0 saturated heterocycles. The minimum Gasteiger partial charge on any atom is -0.0703 e. The van der Waals surface area contributed by atoms with Gasteiger partial charge in [0.2, 0.25) is 0 Å². The SMILES string of the molecule is CC(C)(C)[Si](C)([Si](Cl)[Si@@](Cl)([Si](=[Ge])[Si](C)(C(C)(C)C)C(C)(C)C)[Si](C)(C(C)(C)C)C(C)(C)C)C(C)(C)C.C[Si](C(C)(C)C)C(C)(C)C. The molecule has 4 radical (unpaired) electrons. The van der Waals surface area contributed by atoms with E-state index < -0.39 is 41.7 Å². The Morgan fingerprint density at radius 3 is 0.783 bits per heavy atom. The van der Waals surface area contributed by atoms with E-state index >= 15 is 0 Å². The maximum Gasteiger partial charge on any atom is 0.0561 e. The van der Waals surface area contributed by atoms with Crippen LogP contribution in [-0.2, 0) is 0 Å². The zero-order valence-corrected chi connectivity index (χ0v) is 47.4. The molecule has 0 aliphatic heterocycles. The molecule has 0 heterocycles. The average Bonchev–Trinajstić information content (AvgIpc) is 2.74. The fraction of sp³-hybridized carbons (Fsp3) is 1.00. The van der Waals surface area contributed by atoms with Crippen molar-refractivity contribution in [3.63, 3.8) is 0 Å². The van der Waals surface area contributed by atoms with Gasteiger partial charge in [-0.2, -0.15) is 0 Å². The maximum absolute atomic E-state index is 8.94. The molecule has 0 aliphatic carbocycles. The summed E-state index contributed by atoms with van der Waals surface area (Å²) in [7, 11) is -7.63. The van der Waals surface area contributed by atoms with Gasteiger partial charge >= 0.3 is 254 Å². The monoisotopic (exact) mass is 856 g/mol. The summed E-state index contributed by atoms with van der Waals surface area (Å²) in [6.07, 6.45) is 0. The molecule has 10 heteroatoms. The summed E-state index contributed by atoms with van der Waals surface area (Å²) < 4.78 is 0. The van der Waals surface area contributed by atoms with Gasteiger partial charge in [-0.15, -0.1) is 0 Å². The second kappa shape index (κ2) is 14.8. The van der Waals surface area contributed by atoms with Crippen LogP contribution in [0.3, 0.4) is 0 Å². The molecular weight excluding hydrogens is 773 g/mol. The van der Waals surface area contributed by atoms with E-state index in [-0.39, 0.29) is 39.0 Å². The Morgan fingerprint density at radius 2 is 0.652 bits per heavy atom. The summed E-state index contributed by atoms with van der Waals surface area (Å²) >= 11 is 20.1. The Kier molecular flexibility index (Phi) is 16.3. The van der Waals surface area contributed by atoms with Crippen molar-refractivity contribution in [2.24, 2.45) is 0 Å². The molecule has 0 fully saturated rings. The van der Waals surface area contributed by atoms with Crippen molar-refractivity contribution in [1.82, 2.24) is 0 Å². The predicted molar refractivity (Wildman–Crippen MR) is 239 cm³/mol. The first-order valence-corrected chi connectivity index (χ1v) is 42.5. The number of halogens is 2. The van der Waals surface area contributed by atoms with Gasteiger partial charge in [0, 0.05) is 0 Å². The molecule has 1 atom stereocenters. The topological polar surface area (TPSA) is 0 Å². The van der Waals surface area contributed by atoms with Crippen LogP contribution in [0.2, 0.25) is 66.5 Å². The molecule has 0 aromatic heterocycles. The number of rotatable bonds is 5. The van der Waals surface area contributed by atoms with Crippen LogP contribution in [0.5, 0.6) is 0 Å². The summed E-state index contributed by atoms with van der Waals surface area (Å²) in [4.78, 5) is 0. The average molecular weight is 857 g/mol. The Bertz CT molecular complexity index is 978. The van der Waals surface area contributed by atoms with Gasteiger partial charge < -0.3 is 0 Å². The van der Waals surface area contributed by atoms with Gasteiger partial charge in [-0.3, -0.25) is 0 Å². The van der Waals surface area contributed by atoms with Gasteiger partial charge in [-0.05, 0) is 10.1 Å². The van der Waals surface area contributed by atoms with E-state index in [1.54, 1.807) is 0 Å². The smallest absolute Gasteiger partial charge is 0.0561 e. The standard InChI is InChI=1S/C27H63Cl2GeSi6.C9H21Si/c1-22(2,3)33(19,23(4,5)6)31(28)36(29,35(21,26(13,14)15)27(16,17)18)32(30)34(20,24(7,8)9)25(10,11)12;1-8(2,3)10(7)9(4,5)6/h1-21H3;1-7H3/t36-;/m0./s1. The Labute approximate surface area is 318 Å². The number of hydrogen-bond donors (Lipinski definition) is 0. The van der Waals surface area contributed by atoms with Gasteiger partial charge in [0.25, 0.3) is 0 Å².